The maximum atomic E-state index is 13.6. The van der Waals surface area contributed by atoms with Crippen molar-refractivity contribution in [2.75, 3.05) is 30.9 Å². The summed E-state index contributed by atoms with van der Waals surface area (Å²) in [5.74, 6) is -2.79. The molecule has 0 bridgehead atoms. The molecule has 10 nitrogen and oxygen atoms in total. The second-order valence-electron chi connectivity index (χ2n) is 8.53. The molecular weight excluding hydrogens is 448 g/mol. The Morgan fingerprint density at radius 2 is 2.18 bits per heavy atom. The summed E-state index contributed by atoms with van der Waals surface area (Å²) in [5, 5.41) is 12.6. The minimum absolute atomic E-state index is 0.0407. The third-order valence-corrected chi connectivity index (χ3v) is 6.32. The number of aromatic nitrogens is 4. The Hall–Kier alpha value is -3.54. The number of carbonyl (C=O) groups is 1. The molecule has 2 fully saturated rings. The number of nitrogens with one attached hydrogen (secondary N) is 3. The molecule has 3 N–H and O–H groups in total. The molecule has 3 aromatic rings. The van der Waals surface area contributed by atoms with E-state index < -0.39 is 17.9 Å². The Balaban J connectivity index is 1.46. The predicted molar refractivity (Wildman–Crippen MR) is 121 cm³/mol. The summed E-state index contributed by atoms with van der Waals surface area (Å²) in [6.07, 6.45) is 4.73. The first-order valence-corrected chi connectivity index (χ1v) is 11.2. The Kier molecular flexibility index (Phi) is 5.68. The minimum atomic E-state index is -2.91. The number of fused-ring (bicyclic) bond motifs is 1. The van der Waals surface area contributed by atoms with Gasteiger partial charge in [0.05, 0.1) is 24.9 Å². The van der Waals surface area contributed by atoms with Gasteiger partial charge in [0.15, 0.2) is 5.65 Å². The maximum Gasteiger partial charge on any atom is 0.274 e. The van der Waals surface area contributed by atoms with Gasteiger partial charge in [0.2, 0.25) is 0 Å². The van der Waals surface area contributed by atoms with E-state index in [1.807, 2.05) is 0 Å². The van der Waals surface area contributed by atoms with Crippen molar-refractivity contribution in [3.8, 4) is 0 Å². The SMILES string of the molecule is CNc1cc(Nc2cccn([C@H]3CCCOC3)c2=O)nc2c(C(=O)N[C@H]3CCC3(F)F)cnn12. The Morgan fingerprint density at radius 3 is 2.85 bits per heavy atom. The van der Waals surface area contributed by atoms with Crippen LogP contribution in [0.3, 0.4) is 0 Å². The first-order valence-electron chi connectivity index (χ1n) is 11.2. The lowest BCUT2D eigenvalue weighted by molar-refractivity contribution is -0.102. The largest absolute Gasteiger partial charge is 0.379 e. The zero-order valence-corrected chi connectivity index (χ0v) is 18.6. The van der Waals surface area contributed by atoms with Crippen LogP contribution >= 0.6 is 0 Å². The minimum Gasteiger partial charge on any atom is -0.379 e. The number of pyridine rings is 1. The van der Waals surface area contributed by atoms with Gasteiger partial charge in [-0.1, -0.05) is 0 Å². The molecule has 2 aliphatic rings. The molecular formula is C22H25F2N7O3. The second-order valence-corrected chi connectivity index (χ2v) is 8.53. The number of nitrogens with zero attached hydrogens (tertiary/aromatic N) is 4. The average Bonchev–Trinajstić information content (AvgIpc) is 3.27. The van der Waals surface area contributed by atoms with E-state index in [9.17, 15) is 18.4 Å². The standard InChI is InChI=1S/C22H25F2N7O3/c1-25-18-10-17(27-15-5-2-8-30(21(15)33)13-4-3-9-34-12-13)29-19-14(11-26-31(18)19)20(32)28-16-6-7-22(16,23)24/h2,5,8,10-11,13,16,25H,3-4,6-7,9,12H2,1H3,(H,27,29)(H,28,32)/t13-,16-/m0/s1. The average molecular weight is 473 g/mol. The van der Waals surface area contributed by atoms with E-state index in [2.05, 4.69) is 26.0 Å². The van der Waals surface area contributed by atoms with Crippen LogP contribution in [0.25, 0.3) is 5.65 Å². The summed E-state index contributed by atoms with van der Waals surface area (Å²) in [5.41, 5.74) is 0.329. The molecule has 3 aromatic heterocycles. The van der Waals surface area contributed by atoms with Crippen LogP contribution in [0, 0.1) is 0 Å². The molecule has 0 unspecified atom stereocenters. The Morgan fingerprint density at radius 1 is 1.32 bits per heavy atom. The summed E-state index contributed by atoms with van der Waals surface area (Å²) in [4.78, 5) is 30.3. The summed E-state index contributed by atoms with van der Waals surface area (Å²) in [6, 6.07) is 3.82. The smallest absolute Gasteiger partial charge is 0.274 e. The molecule has 34 heavy (non-hydrogen) atoms. The van der Waals surface area contributed by atoms with E-state index in [4.69, 9.17) is 4.74 Å². The van der Waals surface area contributed by atoms with Crippen LogP contribution in [0.15, 0.2) is 35.4 Å². The fourth-order valence-electron chi connectivity index (χ4n) is 4.26. The molecule has 2 atom stereocenters. The lowest BCUT2D eigenvalue weighted by Gasteiger charge is -2.36. The third kappa shape index (κ3) is 3.98. The zero-order valence-electron chi connectivity index (χ0n) is 18.6. The third-order valence-electron chi connectivity index (χ3n) is 6.32. The van der Waals surface area contributed by atoms with Crippen molar-refractivity contribution in [1.29, 1.82) is 0 Å². The molecule has 180 valence electrons. The fourth-order valence-corrected chi connectivity index (χ4v) is 4.26. The van der Waals surface area contributed by atoms with Gasteiger partial charge in [-0.15, -0.1) is 0 Å². The number of rotatable bonds is 6. The van der Waals surface area contributed by atoms with Crippen LogP contribution in [0.5, 0.6) is 0 Å². The van der Waals surface area contributed by atoms with Crippen LogP contribution < -0.4 is 21.5 Å². The summed E-state index contributed by atoms with van der Waals surface area (Å²) >= 11 is 0. The molecule has 4 heterocycles. The number of ether oxygens (including phenoxy) is 1. The van der Waals surface area contributed by atoms with Gasteiger partial charge in [0.25, 0.3) is 17.4 Å². The normalized spacial score (nSPS) is 21.6. The summed E-state index contributed by atoms with van der Waals surface area (Å²) in [6.45, 7) is 1.17. The number of carbonyl (C=O) groups excluding carboxylic acids is 1. The predicted octanol–water partition coefficient (Wildman–Crippen LogP) is 2.56. The van der Waals surface area contributed by atoms with E-state index in [0.29, 0.717) is 30.5 Å². The van der Waals surface area contributed by atoms with Gasteiger partial charge < -0.3 is 25.3 Å². The van der Waals surface area contributed by atoms with Crippen molar-refractivity contribution in [2.24, 2.45) is 0 Å². The van der Waals surface area contributed by atoms with Crippen molar-refractivity contribution < 1.29 is 18.3 Å². The lowest BCUT2D eigenvalue weighted by atomic mass is 9.88. The van der Waals surface area contributed by atoms with Gasteiger partial charge in [-0.2, -0.15) is 9.61 Å². The van der Waals surface area contributed by atoms with Gasteiger partial charge >= 0.3 is 0 Å². The topological polar surface area (TPSA) is 115 Å². The number of alkyl halides is 2. The highest BCUT2D eigenvalue weighted by Crippen LogP contribution is 2.37. The van der Waals surface area contributed by atoms with E-state index >= 15 is 0 Å². The van der Waals surface area contributed by atoms with Gasteiger partial charge in [-0.3, -0.25) is 9.59 Å². The molecule has 12 heteroatoms. The molecule has 0 aromatic carbocycles. The van der Waals surface area contributed by atoms with Crippen molar-refractivity contribution in [2.45, 2.75) is 43.7 Å². The van der Waals surface area contributed by atoms with Crippen LogP contribution in [0.2, 0.25) is 0 Å². The summed E-state index contributed by atoms with van der Waals surface area (Å²) in [7, 11) is 1.67. The maximum absolute atomic E-state index is 13.6. The summed E-state index contributed by atoms with van der Waals surface area (Å²) < 4.78 is 35.8. The van der Waals surface area contributed by atoms with Crippen molar-refractivity contribution >= 4 is 28.9 Å². The number of hydrogen-bond acceptors (Lipinski definition) is 7. The van der Waals surface area contributed by atoms with Gasteiger partial charge in [0.1, 0.15) is 22.9 Å². The molecule has 5 rings (SSSR count). The molecule has 0 radical (unpaired) electrons. The van der Waals surface area contributed by atoms with E-state index in [1.165, 1.54) is 10.7 Å². The number of hydrogen-bond donors (Lipinski definition) is 3. The van der Waals surface area contributed by atoms with Crippen LogP contribution in [-0.2, 0) is 4.74 Å². The van der Waals surface area contributed by atoms with Crippen LogP contribution in [0.4, 0.5) is 26.1 Å². The van der Waals surface area contributed by atoms with Gasteiger partial charge in [0, 0.05) is 32.3 Å². The molecule has 1 aliphatic carbocycles. The molecule has 1 aliphatic heterocycles. The number of amides is 1. The highest BCUT2D eigenvalue weighted by molar-refractivity contribution is 6.00. The first kappa shape index (κ1) is 22.3. The van der Waals surface area contributed by atoms with Gasteiger partial charge in [-0.25, -0.2) is 13.8 Å². The molecule has 1 saturated heterocycles. The van der Waals surface area contributed by atoms with E-state index in [-0.39, 0.29) is 35.7 Å². The van der Waals surface area contributed by atoms with Gasteiger partial charge in [-0.05, 0) is 31.4 Å². The lowest BCUT2D eigenvalue weighted by Crippen LogP contribution is -2.55. The van der Waals surface area contributed by atoms with E-state index in [0.717, 1.165) is 12.8 Å². The highest BCUT2D eigenvalue weighted by atomic mass is 19.3. The van der Waals surface area contributed by atoms with Crippen LogP contribution in [0.1, 0.15) is 42.1 Å². The Bertz CT molecular complexity index is 1280. The molecule has 1 saturated carbocycles. The monoisotopic (exact) mass is 473 g/mol. The highest BCUT2D eigenvalue weighted by Gasteiger charge is 2.49. The van der Waals surface area contributed by atoms with Crippen molar-refractivity contribution in [3.63, 3.8) is 0 Å². The van der Waals surface area contributed by atoms with E-state index in [1.54, 1.807) is 36.0 Å². The molecule has 1 amide bonds. The molecule has 0 spiro atoms. The fraction of sp³-hybridized carbons (Fsp3) is 0.455. The first-order chi connectivity index (χ1) is 16.4. The van der Waals surface area contributed by atoms with Crippen LogP contribution in [-0.4, -0.2) is 57.3 Å². The van der Waals surface area contributed by atoms with Crippen molar-refractivity contribution in [3.05, 3.63) is 46.5 Å². The number of halogens is 2. The zero-order chi connectivity index (χ0) is 23.9. The van der Waals surface area contributed by atoms with Crippen molar-refractivity contribution in [1.82, 2.24) is 24.5 Å². The second kappa shape index (κ2) is 8.67. The quantitative estimate of drug-likeness (QED) is 0.504. The number of anilines is 3. The Labute approximate surface area is 193 Å².